The minimum Gasteiger partial charge on any atom is -0.381 e. The van der Waals surface area contributed by atoms with E-state index in [1.54, 1.807) is 0 Å². The van der Waals surface area contributed by atoms with Gasteiger partial charge in [0.15, 0.2) is 0 Å². The van der Waals surface area contributed by atoms with Crippen LogP contribution in [0.1, 0.15) is 32.1 Å². The minimum atomic E-state index is 0.409. The Hall–Kier alpha value is -0.610. The molecule has 4 heteroatoms. The van der Waals surface area contributed by atoms with Gasteiger partial charge in [0.2, 0.25) is 6.41 Å². The van der Waals surface area contributed by atoms with Crippen LogP contribution in [-0.4, -0.2) is 50.2 Å². The highest BCUT2D eigenvalue weighted by atomic mass is 16.5. The number of carbonyl (C=O) groups is 1. The summed E-state index contributed by atoms with van der Waals surface area (Å²) < 4.78 is 5.38. The van der Waals surface area contributed by atoms with Crippen LogP contribution in [0, 0.1) is 5.92 Å². The summed E-state index contributed by atoms with van der Waals surface area (Å²) in [6.07, 6.45) is 6.84. The third-order valence-electron chi connectivity index (χ3n) is 4.09. The van der Waals surface area contributed by atoms with Gasteiger partial charge in [-0.05, 0) is 44.6 Å². The molecule has 2 heterocycles. The number of carbonyl (C=O) groups excluding carboxylic acids is 1. The van der Waals surface area contributed by atoms with Gasteiger partial charge in [0.25, 0.3) is 0 Å². The van der Waals surface area contributed by atoms with Gasteiger partial charge in [-0.15, -0.1) is 0 Å². The Kier molecular flexibility index (Phi) is 5.26. The molecule has 0 saturated carbocycles. The van der Waals surface area contributed by atoms with E-state index in [4.69, 9.17) is 4.74 Å². The zero-order valence-electron chi connectivity index (χ0n) is 10.6. The molecule has 2 aliphatic heterocycles. The van der Waals surface area contributed by atoms with Gasteiger partial charge in [-0.1, -0.05) is 0 Å². The Labute approximate surface area is 104 Å². The first kappa shape index (κ1) is 12.8. The molecule has 4 nitrogen and oxygen atoms in total. The van der Waals surface area contributed by atoms with E-state index in [9.17, 15) is 4.79 Å². The van der Waals surface area contributed by atoms with E-state index < -0.39 is 0 Å². The Morgan fingerprint density at radius 3 is 2.53 bits per heavy atom. The molecule has 0 unspecified atom stereocenters. The maximum atomic E-state index is 10.4. The van der Waals surface area contributed by atoms with Crippen LogP contribution in [0.2, 0.25) is 0 Å². The maximum absolute atomic E-state index is 10.4. The SMILES string of the molecule is O=CNC1CCN(CCC2CCOCC2)CC1. The maximum Gasteiger partial charge on any atom is 0.207 e. The molecule has 1 N–H and O–H groups in total. The highest BCUT2D eigenvalue weighted by molar-refractivity contribution is 5.46. The van der Waals surface area contributed by atoms with Gasteiger partial charge >= 0.3 is 0 Å². The molecule has 0 bridgehead atoms. The molecule has 17 heavy (non-hydrogen) atoms. The number of hydrogen-bond acceptors (Lipinski definition) is 3. The third-order valence-corrected chi connectivity index (χ3v) is 4.09. The van der Waals surface area contributed by atoms with Crippen molar-refractivity contribution in [2.45, 2.75) is 38.1 Å². The van der Waals surface area contributed by atoms with Crippen LogP contribution in [0.3, 0.4) is 0 Å². The first-order valence-corrected chi connectivity index (χ1v) is 6.88. The number of amides is 1. The highest BCUT2D eigenvalue weighted by Crippen LogP contribution is 2.20. The second kappa shape index (κ2) is 6.97. The summed E-state index contributed by atoms with van der Waals surface area (Å²) in [6.45, 7) is 5.40. The minimum absolute atomic E-state index is 0.409. The smallest absolute Gasteiger partial charge is 0.207 e. The Balaban J connectivity index is 1.59. The summed E-state index contributed by atoms with van der Waals surface area (Å²) in [7, 11) is 0. The Morgan fingerprint density at radius 1 is 1.18 bits per heavy atom. The molecule has 0 aliphatic carbocycles. The molecule has 0 aromatic carbocycles. The van der Waals surface area contributed by atoms with Gasteiger partial charge in [0.1, 0.15) is 0 Å². The molecule has 0 radical (unpaired) electrons. The topological polar surface area (TPSA) is 41.6 Å². The summed E-state index contributed by atoms with van der Waals surface area (Å²) in [4.78, 5) is 12.9. The first-order chi connectivity index (χ1) is 8.38. The van der Waals surface area contributed by atoms with Crippen molar-refractivity contribution in [2.24, 2.45) is 5.92 Å². The zero-order chi connectivity index (χ0) is 11.9. The Bertz CT molecular complexity index is 221. The van der Waals surface area contributed by atoms with E-state index in [1.807, 2.05) is 0 Å². The summed E-state index contributed by atoms with van der Waals surface area (Å²) in [6, 6.07) is 0.409. The molecule has 0 spiro atoms. The molecular formula is C13H24N2O2. The lowest BCUT2D eigenvalue weighted by atomic mass is 9.95. The summed E-state index contributed by atoms with van der Waals surface area (Å²) in [5.41, 5.74) is 0. The van der Waals surface area contributed by atoms with Crippen molar-refractivity contribution in [1.82, 2.24) is 10.2 Å². The number of ether oxygens (including phenoxy) is 1. The second-order valence-corrected chi connectivity index (χ2v) is 5.24. The number of hydrogen-bond donors (Lipinski definition) is 1. The summed E-state index contributed by atoms with van der Waals surface area (Å²) in [5, 5.41) is 2.89. The molecule has 2 rings (SSSR count). The number of nitrogens with one attached hydrogen (secondary N) is 1. The molecule has 1 amide bonds. The highest BCUT2D eigenvalue weighted by Gasteiger charge is 2.20. The van der Waals surface area contributed by atoms with E-state index in [0.29, 0.717) is 6.04 Å². The van der Waals surface area contributed by atoms with E-state index in [-0.39, 0.29) is 0 Å². The first-order valence-electron chi connectivity index (χ1n) is 6.88. The van der Waals surface area contributed by atoms with Crippen molar-refractivity contribution in [3.05, 3.63) is 0 Å². The summed E-state index contributed by atoms with van der Waals surface area (Å²) >= 11 is 0. The Morgan fingerprint density at radius 2 is 1.88 bits per heavy atom. The summed E-state index contributed by atoms with van der Waals surface area (Å²) in [5.74, 6) is 0.870. The lowest BCUT2D eigenvalue weighted by molar-refractivity contribution is -0.110. The van der Waals surface area contributed by atoms with Crippen LogP contribution in [-0.2, 0) is 9.53 Å². The van der Waals surface area contributed by atoms with Gasteiger partial charge in [0, 0.05) is 32.3 Å². The lowest BCUT2D eigenvalue weighted by Gasteiger charge is -2.33. The quantitative estimate of drug-likeness (QED) is 0.729. The van der Waals surface area contributed by atoms with Gasteiger partial charge in [-0.2, -0.15) is 0 Å². The van der Waals surface area contributed by atoms with Crippen molar-refractivity contribution < 1.29 is 9.53 Å². The average molecular weight is 240 g/mol. The monoisotopic (exact) mass is 240 g/mol. The molecule has 0 atom stereocenters. The van der Waals surface area contributed by atoms with Crippen molar-refractivity contribution in [3.63, 3.8) is 0 Å². The van der Waals surface area contributed by atoms with Crippen LogP contribution in [0.25, 0.3) is 0 Å². The number of likely N-dealkylation sites (tertiary alicyclic amines) is 1. The van der Waals surface area contributed by atoms with Crippen LogP contribution in [0.15, 0.2) is 0 Å². The molecular weight excluding hydrogens is 216 g/mol. The van der Waals surface area contributed by atoms with Crippen LogP contribution < -0.4 is 5.32 Å². The van der Waals surface area contributed by atoms with Crippen molar-refractivity contribution >= 4 is 6.41 Å². The van der Waals surface area contributed by atoms with Gasteiger partial charge in [-0.25, -0.2) is 0 Å². The van der Waals surface area contributed by atoms with Gasteiger partial charge in [0.05, 0.1) is 0 Å². The van der Waals surface area contributed by atoms with Gasteiger partial charge in [-0.3, -0.25) is 4.79 Å². The predicted octanol–water partition coefficient (Wildman–Crippen LogP) is 1.01. The van der Waals surface area contributed by atoms with Crippen LogP contribution in [0.4, 0.5) is 0 Å². The normalized spacial score (nSPS) is 24.7. The van der Waals surface area contributed by atoms with Crippen molar-refractivity contribution in [1.29, 1.82) is 0 Å². The van der Waals surface area contributed by atoms with E-state index in [1.165, 1.54) is 25.8 Å². The van der Waals surface area contributed by atoms with Crippen LogP contribution >= 0.6 is 0 Å². The van der Waals surface area contributed by atoms with Crippen molar-refractivity contribution in [2.75, 3.05) is 32.8 Å². The predicted molar refractivity (Wildman–Crippen MR) is 66.8 cm³/mol. The molecule has 0 aromatic rings. The fourth-order valence-electron chi connectivity index (χ4n) is 2.82. The molecule has 2 aliphatic rings. The fraction of sp³-hybridized carbons (Fsp3) is 0.923. The zero-order valence-corrected chi connectivity index (χ0v) is 10.6. The molecule has 0 aromatic heterocycles. The van der Waals surface area contributed by atoms with Crippen LogP contribution in [0.5, 0.6) is 0 Å². The molecule has 2 saturated heterocycles. The van der Waals surface area contributed by atoms with Gasteiger partial charge < -0.3 is 15.0 Å². The molecule has 98 valence electrons. The average Bonchev–Trinajstić information content (AvgIpc) is 2.40. The second-order valence-electron chi connectivity index (χ2n) is 5.24. The largest absolute Gasteiger partial charge is 0.381 e. The fourth-order valence-corrected chi connectivity index (χ4v) is 2.82. The number of nitrogens with zero attached hydrogens (tertiary/aromatic N) is 1. The molecule has 2 fully saturated rings. The van der Waals surface area contributed by atoms with E-state index >= 15 is 0 Å². The van der Waals surface area contributed by atoms with Crippen molar-refractivity contribution in [3.8, 4) is 0 Å². The number of piperidine rings is 1. The number of rotatable bonds is 5. The van der Waals surface area contributed by atoms with E-state index in [0.717, 1.165) is 51.5 Å². The standard InChI is InChI=1S/C13H24N2O2/c16-11-14-13-2-7-15(8-3-13)6-1-12-4-9-17-10-5-12/h11-13H,1-10H2,(H,14,16). The van der Waals surface area contributed by atoms with E-state index in [2.05, 4.69) is 10.2 Å². The third kappa shape index (κ3) is 4.28. The lowest BCUT2D eigenvalue weighted by Crippen LogP contribution is -2.42.